The number of hydrogen-bond acceptors (Lipinski definition) is 4. The fourth-order valence-electron chi connectivity index (χ4n) is 2.46. The van der Waals surface area contributed by atoms with E-state index in [1.165, 1.54) is 6.07 Å². The van der Waals surface area contributed by atoms with Gasteiger partial charge in [0.05, 0.1) is 10.8 Å². The van der Waals surface area contributed by atoms with E-state index in [4.69, 9.17) is 11.6 Å². The molecule has 0 saturated heterocycles. The number of fused-ring (bicyclic) bond motifs is 1. The van der Waals surface area contributed by atoms with E-state index >= 15 is 0 Å². The Labute approximate surface area is 168 Å². The van der Waals surface area contributed by atoms with Crippen LogP contribution in [0.3, 0.4) is 0 Å². The number of aromatic nitrogens is 2. The van der Waals surface area contributed by atoms with Crippen molar-refractivity contribution in [1.82, 2.24) is 9.97 Å². The molecule has 1 heterocycles. The summed E-state index contributed by atoms with van der Waals surface area (Å²) < 4.78 is 39.4. The highest BCUT2D eigenvalue weighted by atomic mass is 35.5. The number of thioether (sulfide) groups is 1. The number of hydrogen-bond donors (Lipinski definition) is 1. The molecule has 2 aromatic carbocycles. The van der Waals surface area contributed by atoms with Crippen LogP contribution in [0.25, 0.3) is 10.9 Å². The number of halogens is 4. The molecule has 0 saturated carbocycles. The van der Waals surface area contributed by atoms with Crippen molar-refractivity contribution < 1.29 is 18.0 Å². The van der Waals surface area contributed by atoms with E-state index in [2.05, 4.69) is 15.3 Å². The average Bonchev–Trinajstić information content (AvgIpc) is 2.64. The van der Waals surface area contributed by atoms with E-state index < -0.39 is 17.3 Å². The molecule has 0 spiro atoms. The second-order valence-corrected chi connectivity index (χ2v) is 7.77. The van der Waals surface area contributed by atoms with Gasteiger partial charge in [0.2, 0.25) is 11.7 Å². The first-order chi connectivity index (χ1) is 13.2. The molecule has 4 nitrogen and oxygen atoms in total. The summed E-state index contributed by atoms with van der Waals surface area (Å²) in [5.74, 6) is -1.60. The Hall–Kier alpha value is -2.32. The van der Waals surface area contributed by atoms with Crippen molar-refractivity contribution in [3.05, 3.63) is 58.9 Å². The Morgan fingerprint density at radius 1 is 1.14 bits per heavy atom. The topological polar surface area (TPSA) is 54.9 Å². The maximum absolute atomic E-state index is 13.1. The number of anilines is 1. The number of para-hydroxylation sites is 1. The van der Waals surface area contributed by atoms with Crippen LogP contribution in [0.1, 0.15) is 18.3 Å². The monoisotopic (exact) mass is 425 g/mol. The molecule has 0 bridgehead atoms. The van der Waals surface area contributed by atoms with Crippen LogP contribution in [0.4, 0.5) is 18.9 Å². The molecule has 3 aromatic rings. The molecule has 0 aliphatic carbocycles. The standard InChI is InChI=1S/C19H15ClF3N3OS/c1-10-13(20)7-5-9-14(10)24-16(27)11(2)28-17-12-6-3-4-8-15(12)25-18(26-17)19(21,22)23/h3-9,11H,1-2H3,(H,24,27)/t11-/m1/s1. The largest absolute Gasteiger partial charge is 0.451 e. The molecule has 0 aliphatic rings. The highest BCUT2D eigenvalue weighted by Crippen LogP contribution is 2.34. The summed E-state index contributed by atoms with van der Waals surface area (Å²) in [6.45, 7) is 3.37. The lowest BCUT2D eigenvalue weighted by atomic mass is 10.2. The minimum Gasteiger partial charge on any atom is -0.325 e. The van der Waals surface area contributed by atoms with Gasteiger partial charge in [-0.3, -0.25) is 4.79 Å². The smallest absolute Gasteiger partial charge is 0.325 e. The minimum absolute atomic E-state index is 0.100. The molecular weight excluding hydrogens is 411 g/mol. The van der Waals surface area contributed by atoms with Gasteiger partial charge in [-0.05, 0) is 37.6 Å². The van der Waals surface area contributed by atoms with Gasteiger partial charge in [-0.2, -0.15) is 13.2 Å². The number of carbonyl (C=O) groups excluding carboxylic acids is 1. The van der Waals surface area contributed by atoms with Crippen LogP contribution in [0.5, 0.6) is 0 Å². The average molecular weight is 426 g/mol. The van der Waals surface area contributed by atoms with E-state index in [0.29, 0.717) is 21.7 Å². The van der Waals surface area contributed by atoms with Gasteiger partial charge in [-0.1, -0.05) is 47.6 Å². The number of benzene rings is 2. The van der Waals surface area contributed by atoms with Gasteiger partial charge in [0.1, 0.15) is 5.03 Å². The lowest BCUT2D eigenvalue weighted by molar-refractivity contribution is -0.145. The first-order valence-electron chi connectivity index (χ1n) is 8.23. The van der Waals surface area contributed by atoms with Crippen LogP contribution in [0, 0.1) is 6.92 Å². The number of rotatable bonds is 4. The maximum Gasteiger partial charge on any atom is 0.451 e. The number of nitrogens with one attached hydrogen (secondary N) is 1. The second kappa shape index (κ2) is 7.97. The SMILES string of the molecule is Cc1c(Cl)cccc1NC(=O)[C@@H](C)Sc1nc(C(F)(F)F)nc2ccccc12. The van der Waals surface area contributed by atoms with Gasteiger partial charge in [-0.25, -0.2) is 9.97 Å². The van der Waals surface area contributed by atoms with Crippen molar-refractivity contribution in [3.63, 3.8) is 0 Å². The summed E-state index contributed by atoms with van der Waals surface area (Å²) in [4.78, 5) is 19.8. The van der Waals surface area contributed by atoms with Crippen LogP contribution in [0.2, 0.25) is 5.02 Å². The fraction of sp³-hybridized carbons (Fsp3) is 0.211. The summed E-state index contributed by atoms with van der Waals surface area (Å²) in [6.07, 6.45) is -4.68. The normalized spacial score (nSPS) is 12.8. The van der Waals surface area contributed by atoms with Gasteiger partial charge >= 0.3 is 6.18 Å². The lowest BCUT2D eigenvalue weighted by Gasteiger charge is -2.15. The van der Waals surface area contributed by atoms with Crippen LogP contribution in [-0.4, -0.2) is 21.1 Å². The Bertz CT molecular complexity index is 1040. The van der Waals surface area contributed by atoms with E-state index in [1.54, 1.807) is 50.2 Å². The molecular formula is C19H15ClF3N3OS. The molecule has 9 heteroatoms. The summed E-state index contributed by atoms with van der Waals surface area (Å²) in [5.41, 5.74) is 1.43. The van der Waals surface area contributed by atoms with Crippen molar-refractivity contribution in [1.29, 1.82) is 0 Å². The predicted octanol–water partition coefficient (Wildman–Crippen LogP) is 5.73. The molecule has 0 unspecified atom stereocenters. The molecule has 3 rings (SSSR count). The van der Waals surface area contributed by atoms with Gasteiger partial charge in [0, 0.05) is 16.1 Å². The number of nitrogens with zero attached hydrogens (tertiary/aromatic N) is 2. The van der Waals surface area contributed by atoms with Crippen molar-refractivity contribution in [2.45, 2.75) is 30.3 Å². The maximum atomic E-state index is 13.1. The van der Waals surface area contributed by atoms with E-state index in [0.717, 1.165) is 11.8 Å². The Morgan fingerprint density at radius 3 is 2.57 bits per heavy atom. The third kappa shape index (κ3) is 4.39. The molecule has 1 amide bonds. The second-order valence-electron chi connectivity index (χ2n) is 6.03. The van der Waals surface area contributed by atoms with Gasteiger partial charge < -0.3 is 5.32 Å². The summed E-state index contributed by atoms with van der Waals surface area (Å²) in [6, 6.07) is 11.5. The van der Waals surface area contributed by atoms with Crippen molar-refractivity contribution in [2.75, 3.05) is 5.32 Å². The number of carbonyl (C=O) groups is 1. The highest BCUT2D eigenvalue weighted by molar-refractivity contribution is 8.00. The molecule has 0 fully saturated rings. The van der Waals surface area contributed by atoms with E-state index in [-0.39, 0.29) is 16.4 Å². The van der Waals surface area contributed by atoms with Gasteiger partial charge in [0.15, 0.2) is 0 Å². The zero-order valence-electron chi connectivity index (χ0n) is 14.8. The first kappa shape index (κ1) is 20.4. The molecule has 146 valence electrons. The molecule has 1 N–H and O–H groups in total. The molecule has 1 aromatic heterocycles. The van der Waals surface area contributed by atoms with Crippen molar-refractivity contribution >= 4 is 45.9 Å². The highest BCUT2D eigenvalue weighted by Gasteiger charge is 2.36. The molecule has 0 radical (unpaired) electrons. The van der Waals surface area contributed by atoms with E-state index in [1.807, 2.05) is 0 Å². The van der Waals surface area contributed by atoms with Crippen LogP contribution < -0.4 is 5.32 Å². The predicted molar refractivity (Wildman–Crippen MR) is 105 cm³/mol. The first-order valence-corrected chi connectivity index (χ1v) is 9.49. The number of alkyl halides is 3. The van der Waals surface area contributed by atoms with Crippen molar-refractivity contribution in [2.24, 2.45) is 0 Å². The molecule has 1 atom stereocenters. The van der Waals surface area contributed by atoms with Crippen LogP contribution in [0.15, 0.2) is 47.5 Å². The third-order valence-electron chi connectivity index (χ3n) is 4.01. The van der Waals surface area contributed by atoms with Gasteiger partial charge in [-0.15, -0.1) is 0 Å². The van der Waals surface area contributed by atoms with Crippen LogP contribution >= 0.6 is 23.4 Å². The van der Waals surface area contributed by atoms with Crippen molar-refractivity contribution in [3.8, 4) is 0 Å². The fourth-order valence-corrected chi connectivity index (χ4v) is 3.58. The molecule has 0 aliphatic heterocycles. The third-order valence-corrected chi connectivity index (χ3v) is 5.52. The minimum atomic E-state index is -4.68. The summed E-state index contributed by atoms with van der Waals surface area (Å²) >= 11 is 7.00. The van der Waals surface area contributed by atoms with Gasteiger partial charge in [0.25, 0.3) is 0 Å². The van der Waals surface area contributed by atoms with Crippen LogP contribution in [-0.2, 0) is 11.0 Å². The Morgan fingerprint density at radius 2 is 1.86 bits per heavy atom. The quantitative estimate of drug-likeness (QED) is 0.428. The zero-order valence-corrected chi connectivity index (χ0v) is 16.4. The van der Waals surface area contributed by atoms with E-state index in [9.17, 15) is 18.0 Å². The number of amides is 1. The molecule has 28 heavy (non-hydrogen) atoms. The lowest BCUT2D eigenvalue weighted by Crippen LogP contribution is -2.23. The Kier molecular flexibility index (Phi) is 5.81. The summed E-state index contributed by atoms with van der Waals surface area (Å²) in [7, 11) is 0. The summed E-state index contributed by atoms with van der Waals surface area (Å²) in [5, 5.41) is 3.12. The Balaban J connectivity index is 1.89. The zero-order chi connectivity index (χ0) is 20.5.